The van der Waals surface area contributed by atoms with Crippen LogP contribution in [0.1, 0.15) is 12.0 Å². The number of benzene rings is 2. The van der Waals surface area contributed by atoms with Crippen LogP contribution in [0.2, 0.25) is 0 Å². The number of thioether (sulfide) groups is 1. The molecule has 11 heteroatoms. The molecule has 2 aromatic rings. The number of hydrazine groups is 1. The summed E-state index contributed by atoms with van der Waals surface area (Å²) in [6, 6.07) is 15.0. The number of amides is 3. The number of hydrogen-bond acceptors (Lipinski definition) is 7. The molecular formula is C21H16N4O5S2. The topological polar surface area (TPSA) is 113 Å². The molecule has 162 valence electrons. The van der Waals surface area contributed by atoms with E-state index in [9.17, 15) is 24.5 Å². The summed E-state index contributed by atoms with van der Waals surface area (Å²) in [6.07, 6.45) is 1.39. The Hall–Kier alpha value is -3.57. The minimum absolute atomic E-state index is 0.0154. The number of nitro groups is 1. The van der Waals surface area contributed by atoms with E-state index in [0.29, 0.717) is 5.69 Å². The van der Waals surface area contributed by atoms with Gasteiger partial charge >= 0.3 is 0 Å². The number of nitrogens with one attached hydrogen (secondary N) is 1. The van der Waals surface area contributed by atoms with Crippen LogP contribution < -0.4 is 10.3 Å². The lowest BCUT2D eigenvalue weighted by Gasteiger charge is -2.19. The van der Waals surface area contributed by atoms with Crippen molar-refractivity contribution >= 4 is 63.5 Å². The zero-order chi connectivity index (χ0) is 22.8. The summed E-state index contributed by atoms with van der Waals surface area (Å²) >= 11 is 6.15. The van der Waals surface area contributed by atoms with Crippen LogP contribution in [0, 0.1) is 16.0 Å². The Bertz CT molecular complexity index is 1170. The number of nitro benzene ring substituents is 1. The zero-order valence-corrected chi connectivity index (χ0v) is 18.1. The number of nitrogens with zero attached hydrogens (tertiary/aromatic N) is 3. The first-order valence-corrected chi connectivity index (χ1v) is 10.7. The maximum Gasteiger partial charge on any atom is 0.285 e. The van der Waals surface area contributed by atoms with E-state index >= 15 is 0 Å². The fraction of sp³-hybridized carbons (Fsp3) is 0.143. The van der Waals surface area contributed by atoms with Crippen LogP contribution in [0.25, 0.3) is 6.08 Å². The van der Waals surface area contributed by atoms with E-state index in [1.54, 1.807) is 30.3 Å². The third-order valence-electron chi connectivity index (χ3n) is 5.00. The number of carbonyl (C=O) groups is 3. The Morgan fingerprint density at radius 2 is 1.84 bits per heavy atom. The summed E-state index contributed by atoms with van der Waals surface area (Å²) in [5.41, 5.74) is 3.30. The fourth-order valence-corrected chi connectivity index (χ4v) is 4.59. The van der Waals surface area contributed by atoms with Crippen LogP contribution in [0.3, 0.4) is 0 Å². The lowest BCUT2D eigenvalue weighted by atomic mass is 10.1. The maximum atomic E-state index is 12.8. The van der Waals surface area contributed by atoms with Gasteiger partial charge in [-0.2, -0.15) is 5.01 Å². The molecule has 3 amide bonds. The van der Waals surface area contributed by atoms with Gasteiger partial charge in [-0.15, -0.1) is 0 Å². The predicted octanol–water partition coefficient (Wildman–Crippen LogP) is 2.88. The second kappa shape index (κ2) is 8.89. The average molecular weight is 469 g/mol. The Labute approximate surface area is 192 Å². The van der Waals surface area contributed by atoms with E-state index in [0.717, 1.165) is 16.8 Å². The molecule has 0 spiro atoms. The van der Waals surface area contributed by atoms with Gasteiger partial charge in [0, 0.05) is 24.7 Å². The van der Waals surface area contributed by atoms with E-state index < -0.39 is 22.7 Å². The van der Waals surface area contributed by atoms with Crippen molar-refractivity contribution in [3.05, 3.63) is 75.2 Å². The van der Waals surface area contributed by atoms with Crippen molar-refractivity contribution in [2.75, 3.05) is 11.4 Å². The van der Waals surface area contributed by atoms with E-state index in [1.165, 1.54) is 29.2 Å². The van der Waals surface area contributed by atoms with Gasteiger partial charge < -0.3 is 4.90 Å². The molecule has 2 aliphatic rings. The zero-order valence-electron chi connectivity index (χ0n) is 16.5. The molecule has 0 radical (unpaired) electrons. The number of thiocarbonyl (C=S) groups is 1. The first-order valence-electron chi connectivity index (χ1n) is 9.52. The van der Waals surface area contributed by atoms with Crippen molar-refractivity contribution in [3.8, 4) is 0 Å². The third-order valence-corrected chi connectivity index (χ3v) is 6.30. The molecule has 2 heterocycles. The Morgan fingerprint density at radius 3 is 2.56 bits per heavy atom. The lowest BCUT2D eigenvalue weighted by Crippen LogP contribution is -2.47. The molecule has 2 aromatic carbocycles. The van der Waals surface area contributed by atoms with E-state index in [2.05, 4.69) is 5.43 Å². The molecule has 2 aliphatic heterocycles. The van der Waals surface area contributed by atoms with Crippen molar-refractivity contribution in [1.29, 1.82) is 0 Å². The van der Waals surface area contributed by atoms with Gasteiger partial charge in [0.05, 0.1) is 21.3 Å². The first kappa shape index (κ1) is 21.7. The van der Waals surface area contributed by atoms with Gasteiger partial charge in [0.25, 0.3) is 11.6 Å². The Balaban J connectivity index is 1.47. The van der Waals surface area contributed by atoms with Gasteiger partial charge in [-0.25, -0.2) is 0 Å². The summed E-state index contributed by atoms with van der Waals surface area (Å²) in [6.45, 7) is 0.190. The number of para-hydroxylation sites is 2. The minimum Gasteiger partial charge on any atom is -0.312 e. The van der Waals surface area contributed by atoms with Crippen LogP contribution >= 0.6 is 24.0 Å². The minimum atomic E-state index is -0.647. The molecule has 2 fully saturated rings. The molecule has 1 atom stereocenters. The second-order valence-corrected chi connectivity index (χ2v) is 8.73. The van der Waals surface area contributed by atoms with Crippen molar-refractivity contribution < 1.29 is 19.3 Å². The molecular weight excluding hydrogens is 452 g/mol. The molecule has 0 saturated carbocycles. The second-order valence-electron chi connectivity index (χ2n) is 7.05. The van der Waals surface area contributed by atoms with Crippen LogP contribution in [0.5, 0.6) is 0 Å². The summed E-state index contributed by atoms with van der Waals surface area (Å²) in [5, 5.41) is 12.2. The summed E-state index contributed by atoms with van der Waals surface area (Å²) in [4.78, 5) is 50.3. The van der Waals surface area contributed by atoms with Gasteiger partial charge in [-0.3, -0.25) is 29.9 Å². The molecule has 9 nitrogen and oxygen atoms in total. The number of anilines is 1. The SMILES string of the molecule is O=C(NN1C(=O)/C(=C/c2ccccc2[N+](=O)[O-])SC1=S)[C@H]1CC(=O)N(c2ccccc2)C1. The smallest absolute Gasteiger partial charge is 0.285 e. The molecule has 32 heavy (non-hydrogen) atoms. The van der Waals surface area contributed by atoms with Gasteiger partial charge in [0.1, 0.15) is 0 Å². The fourth-order valence-electron chi connectivity index (χ4n) is 3.42. The molecule has 0 aromatic heterocycles. The maximum absolute atomic E-state index is 12.8. The summed E-state index contributed by atoms with van der Waals surface area (Å²) < 4.78 is 0.0948. The highest BCUT2D eigenvalue weighted by atomic mass is 32.2. The van der Waals surface area contributed by atoms with Crippen molar-refractivity contribution in [3.63, 3.8) is 0 Å². The monoisotopic (exact) mass is 468 g/mol. The van der Waals surface area contributed by atoms with E-state index in [4.69, 9.17) is 12.2 Å². The molecule has 0 unspecified atom stereocenters. The van der Waals surface area contributed by atoms with Crippen LogP contribution in [0.4, 0.5) is 11.4 Å². The largest absolute Gasteiger partial charge is 0.312 e. The van der Waals surface area contributed by atoms with Gasteiger partial charge in [-0.05, 0) is 36.5 Å². The molecule has 2 saturated heterocycles. The molecule has 0 bridgehead atoms. The normalized spacial score (nSPS) is 19.7. The Kier molecular flexibility index (Phi) is 6.01. The standard InChI is InChI=1S/C21H16N4O5S2/c26-18-11-14(12-23(18)15-7-2-1-3-8-15)19(27)22-24-20(28)17(32-21(24)31)10-13-6-4-5-9-16(13)25(29)30/h1-10,14H,11-12H2,(H,22,27)/b17-10-/t14-/m0/s1. The van der Waals surface area contributed by atoms with Crippen LogP contribution in [-0.2, 0) is 14.4 Å². The highest BCUT2D eigenvalue weighted by Gasteiger charge is 2.39. The quantitative estimate of drug-likeness (QED) is 0.311. The van der Waals surface area contributed by atoms with Crippen molar-refractivity contribution in [2.45, 2.75) is 6.42 Å². The highest BCUT2D eigenvalue weighted by molar-refractivity contribution is 8.26. The van der Waals surface area contributed by atoms with Crippen molar-refractivity contribution in [2.24, 2.45) is 5.92 Å². The van der Waals surface area contributed by atoms with Gasteiger partial charge in [0.15, 0.2) is 4.32 Å². The average Bonchev–Trinajstić information content (AvgIpc) is 3.29. The predicted molar refractivity (Wildman–Crippen MR) is 123 cm³/mol. The lowest BCUT2D eigenvalue weighted by molar-refractivity contribution is -0.385. The van der Waals surface area contributed by atoms with E-state index in [1.807, 2.05) is 6.07 Å². The summed E-state index contributed by atoms with van der Waals surface area (Å²) in [7, 11) is 0. The van der Waals surface area contributed by atoms with Crippen LogP contribution in [0.15, 0.2) is 59.5 Å². The number of hydrogen-bond donors (Lipinski definition) is 1. The van der Waals surface area contributed by atoms with Gasteiger partial charge in [0.2, 0.25) is 11.8 Å². The molecule has 4 rings (SSSR count). The number of rotatable bonds is 5. The highest BCUT2D eigenvalue weighted by Crippen LogP contribution is 2.33. The summed E-state index contributed by atoms with van der Waals surface area (Å²) in [5.74, 6) is -1.92. The molecule has 1 N–H and O–H groups in total. The number of carbonyl (C=O) groups excluding carboxylic acids is 3. The van der Waals surface area contributed by atoms with Crippen molar-refractivity contribution in [1.82, 2.24) is 10.4 Å². The Morgan fingerprint density at radius 1 is 1.16 bits per heavy atom. The van der Waals surface area contributed by atoms with Gasteiger partial charge in [-0.1, -0.05) is 42.1 Å². The first-order chi connectivity index (χ1) is 15.3. The third kappa shape index (κ3) is 4.25. The van der Waals surface area contributed by atoms with Crippen LogP contribution in [-0.4, -0.2) is 38.5 Å². The molecule has 0 aliphatic carbocycles. The van der Waals surface area contributed by atoms with E-state index in [-0.39, 0.29) is 39.3 Å².